The summed E-state index contributed by atoms with van der Waals surface area (Å²) < 4.78 is 0. The van der Waals surface area contributed by atoms with Crippen molar-refractivity contribution >= 4 is 5.69 Å². The number of rotatable bonds is 0. The first-order valence-corrected chi connectivity index (χ1v) is 9.30. The number of anilines is 1. The predicted molar refractivity (Wildman–Crippen MR) is 105 cm³/mol. The monoisotopic (exact) mass is 327 g/mol. The van der Waals surface area contributed by atoms with Gasteiger partial charge in [0.1, 0.15) is 0 Å². The van der Waals surface area contributed by atoms with Gasteiger partial charge >= 0.3 is 0 Å². The lowest BCUT2D eigenvalue weighted by atomic mass is 9.87. The van der Waals surface area contributed by atoms with Crippen LogP contribution < -0.4 is 16.0 Å². The largest absolute Gasteiger partial charge is 0.385 e. The second kappa shape index (κ2) is 10.2. The van der Waals surface area contributed by atoms with Crippen LogP contribution in [0.15, 0.2) is 47.7 Å². The lowest BCUT2D eigenvalue weighted by Crippen LogP contribution is -2.25. The van der Waals surface area contributed by atoms with Gasteiger partial charge in [0, 0.05) is 24.5 Å². The zero-order valence-electron chi connectivity index (χ0n) is 15.5. The summed E-state index contributed by atoms with van der Waals surface area (Å²) in [6.07, 6.45) is 11.0. The third-order valence-corrected chi connectivity index (χ3v) is 4.61. The molecule has 0 saturated heterocycles. The van der Waals surface area contributed by atoms with Crippen LogP contribution in [0.2, 0.25) is 0 Å². The van der Waals surface area contributed by atoms with Crippen molar-refractivity contribution in [2.24, 2.45) is 5.92 Å². The second-order valence-corrected chi connectivity index (χ2v) is 6.70. The normalized spacial score (nSPS) is 20.9. The lowest BCUT2D eigenvalue weighted by molar-refractivity contribution is 0.502. The highest BCUT2D eigenvalue weighted by atomic mass is 14.9. The number of allylic oxidation sites excluding steroid dienone is 3. The maximum Gasteiger partial charge on any atom is 0.0372 e. The average molecular weight is 328 g/mol. The van der Waals surface area contributed by atoms with E-state index in [1.54, 1.807) is 5.57 Å². The highest BCUT2D eigenvalue weighted by Crippen LogP contribution is 2.29. The molecule has 0 radical (unpaired) electrons. The molecule has 0 fully saturated rings. The molecule has 0 aromatic heterocycles. The Balaban J connectivity index is 0.000000150. The molecule has 0 saturated carbocycles. The van der Waals surface area contributed by atoms with Gasteiger partial charge in [0.05, 0.1) is 0 Å². The van der Waals surface area contributed by atoms with E-state index in [9.17, 15) is 0 Å². The molecule has 0 bridgehead atoms. The molecule has 1 aliphatic carbocycles. The summed E-state index contributed by atoms with van der Waals surface area (Å²) in [6, 6.07) is 8.53. The minimum atomic E-state index is 0.767. The van der Waals surface area contributed by atoms with E-state index in [-0.39, 0.29) is 0 Å². The van der Waals surface area contributed by atoms with Gasteiger partial charge in [0.2, 0.25) is 0 Å². The molecular formula is C21H33N3. The van der Waals surface area contributed by atoms with Gasteiger partial charge in [-0.2, -0.15) is 0 Å². The van der Waals surface area contributed by atoms with Crippen molar-refractivity contribution < 1.29 is 0 Å². The predicted octanol–water partition coefficient (Wildman–Crippen LogP) is 4.10. The van der Waals surface area contributed by atoms with Crippen LogP contribution in [0.25, 0.3) is 0 Å². The van der Waals surface area contributed by atoms with Crippen molar-refractivity contribution in [2.75, 3.05) is 32.5 Å². The standard InChI is InChI=1S/C10H15N.C9H11N.C2H7N/c1-8-4-2-5-9-6-3-7-11-10(8)9;1-2-6-9-8(4-1)5-3-7-10-9;1-3-2/h3,6,8,11H,2,4-5,7H2,1H3;1-2,4,6,10H,3,5,7H2;3H,1-2H3. The molecule has 3 heteroatoms. The number of hydrogen-bond donors (Lipinski definition) is 3. The number of para-hydroxylation sites is 1. The van der Waals surface area contributed by atoms with E-state index in [0.29, 0.717) is 0 Å². The summed E-state index contributed by atoms with van der Waals surface area (Å²) in [6.45, 7) is 4.49. The lowest BCUT2D eigenvalue weighted by Gasteiger charge is -2.27. The minimum absolute atomic E-state index is 0.767. The molecule has 3 nitrogen and oxygen atoms in total. The average Bonchev–Trinajstić information content (AvgIpc) is 2.64. The Bertz CT molecular complexity index is 535. The molecule has 132 valence electrons. The first-order valence-electron chi connectivity index (χ1n) is 9.30. The van der Waals surface area contributed by atoms with Crippen molar-refractivity contribution in [1.82, 2.24) is 10.6 Å². The van der Waals surface area contributed by atoms with Crippen molar-refractivity contribution in [3.05, 3.63) is 53.3 Å². The number of hydrogen-bond acceptors (Lipinski definition) is 3. The van der Waals surface area contributed by atoms with Gasteiger partial charge in [-0.1, -0.05) is 37.3 Å². The number of dihydropyridines is 1. The third kappa shape index (κ3) is 5.41. The fourth-order valence-corrected chi connectivity index (χ4v) is 3.44. The molecule has 1 atom stereocenters. The van der Waals surface area contributed by atoms with E-state index in [0.717, 1.165) is 19.0 Å². The van der Waals surface area contributed by atoms with Crippen LogP contribution in [0.5, 0.6) is 0 Å². The SMILES string of the molecule is CC1CCCC2=C1NCC=C2.CNC.c1ccc2c(c1)CCCN2. The fourth-order valence-electron chi connectivity index (χ4n) is 3.44. The summed E-state index contributed by atoms with van der Waals surface area (Å²) in [5, 5.41) is 9.58. The Hall–Kier alpha value is -1.74. The summed E-state index contributed by atoms with van der Waals surface area (Å²) >= 11 is 0. The van der Waals surface area contributed by atoms with E-state index in [2.05, 4.69) is 59.3 Å². The summed E-state index contributed by atoms with van der Waals surface area (Å²) in [5.41, 5.74) is 5.86. The van der Waals surface area contributed by atoms with E-state index < -0.39 is 0 Å². The van der Waals surface area contributed by atoms with Gasteiger partial charge in [-0.05, 0) is 69.3 Å². The molecule has 4 rings (SSSR count). The summed E-state index contributed by atoms with van der Waals surface area (Å²) in [5.74, 6) is 0.767. The topological polar surface area (TPSA) is 36.1 Å². The Kier molecular flexibility index (Phi) is 7.90. The number of aryl methyl sites for hydroxylation is 1. The summed E-state index contributed by atoms with van der Waals surface area (Å²) in [7, 11) is 3.75. The first-order chi connectivity index (χ1) is 11.8. The zero-order chi connectivity index (χ0) is 17.2. The van der Waals surface area contributed by atoms with Crippen molar-refractivity contribution in [3.8, 4) is 0 Å². The number of benzene rings is 1. The Labute approximate surface area is 147 Å². The van der Waals surface area contributed by atoms with Gasteiger partial charge < -0.3 is 16.0 Å². The third-order valence-electron chi connectivity index (χ3n) is 4.61. The highest BCUT2D eigenvalue weighted by Gasteiger charge is 2.18. The maximum absolute atomic E-state index is 3.46. The highest BCUT2D eigenvalue weighted by molar-refractivity contribution is 5.52. The van der Waals surface area contributed by atoms with Crippen molar-refractivity contribution in [1.29, 1.82) is 0 Å². The van der Waals surface area contributed by atoms with E-state index in [1.165, 1.54) is 49.1 Å². The molecule has 1 unspecified atom stereocenters. The Morgan fingerprint density at radius 2 is 1.83 bits per heavy atom. The van der Waals surface area contributed by atoms with E-state index >= 15 is 0 Å². The smallest absolute Gasteiger partial charge is 0.0372 e. The van der Waals surface area contributed by atoms with Crippen LogP contribution in [0, 0.1) is 5.92 Å². The Morgan fingerprint density at radius 1 is 1.04 bits per heavy atom. The molecular weight excluding hydrogens is 294 g/mol. The zero-order valence-corrected chi connectivity index (χ0v) is 15.5. The quantitative estimate of drug-likeness (QED) is 0.671. The fraction of sp³-hybridized carbons (Fsp3) is 0.524. The van der Waals surface area contributed by atoms with Crippen LogP contribution >= 0.6 is 0 Å². The molecule has 2 heterocycles. The van der Waals surface area contributed by atoms with E-state index in [1.807, 2.05) is 14.1 Å². The second-order valence-electron chi connectivity index (χ2n) is 6.70. The molecule has 1 aromatic carbocycles. The molecule has 1 aromatic rings. The van der Waals surface area contributed by atoms with Crippen LogP contribution in [-0.2, 0) is 6.42 Å². The van der Waals surface area contributed by atoms with Gasteiger partial charge in [-0.15, -0.1) is 0 Å². The van der Waals surface area contributed by atoms with Gasteiger partial charge in [-0.25, -0.2) is 0 Å². The van der Waals surface area contributed by atoms with Gasteiger partial charge in [-0.3, -0.25) is 0 Å². The number of nitrogens with one attached hydrogen (secondary N) is 3. The van der Waals surface area contributed by atoms with E-state index in [4.69, 9.17) is 0 Å². The van der Waals surface area contributed by atoms with Crippen molar-refractivity contribution in [3.63, 3.8) is 0 Å². The summed E-state index contributed by atoms with van der Waals surface area (Å²) in [4.78, 5) is 0. The van der Waals surface area contributed by atoms with Crippen LogP contribution in [0.4, 0.5) is 5.69 Å². The molecule has 0 spiro atoms. The molecule has 2 aliphatic heterocycles. The Morgan fingerprint density at radius 3 is 2.58 bits per heavy atom. The first kappa shape index (κ1) is 18.6. The van der Waals surface area contributed by atoms with Crippen LogP contribution in [-0.4, -0.2) is 27.2 Å². The number of fused-ring (bicyclic) bond motifs is 1. The molecule has 3 aliphatic rings. The molecule has 24 heavy (non-hydrogen) atoms. The van der Waals surface area contributed by atoms with Gasteiger partial charge in [0.15, 0.2) is 0 Å². The minimum Gasteiger partial charge on any atom is -0.385 e. The maximum atomic E-state index is 3.46. The van der Waals surface area contributed by atoms with Crippen LogP contribution in [0.1, 0.15) is 38.2 Å². The molecule has 0 amide bonds. The molecule has 3 N–H and O–H groups in total. The van der Waals surface area contributed by atoms with Crippen molar-refractivity contribution in [2.45, 2.75) is 39.0 Å². The van der Waals surface area contributed by atoms with Gasteiger partial charge in [0.25, 0.3) is 0 Å². The van der Waals surface area contributed by atoms with Crippen LogP contribution in [0.3, 0.4) is 0 Å².